The summed E-state index contributed by atoms with van der Waals surface area (Å²) >= 11 is 0. The van der Waals surface area contributed by atoms with Crippen molar-refractivity contribution in [1.82, 2.24) is 4.90 Å². The molecule has 5 nitrogen and oxygen atoms in total. The first-order valence-electron chi connectivity index (χ1n) is 9.81. The average molecular weight is 388 g/mol. The fraction of sp³-hybridized carbons (Fsp3) is 0.478. The third-order valence-corrected chi connectivity index (χ3v) is 4.88. The van der Waals surface area contributed by atoms with Crippen molar-refractivity contribution in [2.24, 2.45) is 0 Å². The van der Waals surface area contributed by atoms with Crippen molar-refractivity contribution in [2.75, 3.05) is 27.4 Å². The van der Waals surface area contributed by atoms with E-state index in [4.69, 9.17) is 14.2 Å². The van der Waals surface area contributed by atoms with E-state index in [0.29, 0.717) is 32.3 Å². The molecule has 0 fully saturated rings. The number of nitrogens with zero attached hydrogens (tertiary/aromatic N) is 1. The summed E-state index contributed by atoms with van der Waals surface area (Å²) in [5.41, 5.74) is 2.20. The van der Waals surface area contributed by atoms with Crippen LogP contribution in [0.1, 0.15) is 31.4 Å². The molecule has 2 aromatic rings. The van der Waals surface area contributed by atoms with Gasteiger partial charge in [0.05, 0.1) is 33.5 Å². The number of hydrogen-bond donors (Lipinski definition) is 1. The van der Waals surface area contributed by atoms with Gasteiger partial charge in [-0.2, -0.15) is 0 Å². The van der Waals surface area contributed by atoms with Crippen LogP contribution in [0.2, 0.25) is 0 Å². The molecule has 2 atom stereocenters. The highest BCUT2D eigenvalue weighted by molar-refractivity contribution is 5.38. The van der Waals surface area contributed by atoms with Crippen molar-refractivity contribution in [1.29, 1.82) is 0 Å². The van der Waals surface area contributed by atoms with Crippen LogP contribution in [0.5, 0.6) is 11.5 Å². The van der Waals surface area contributed by atoms with Gasteiger partial charge in [-0.05, 0) is 36.6 Å². The van der Waals surface area contributed by atoms with Crippen LogP contribution in [0, 0.1) is 0 Å². The van der Waals surface area contributed by atoms with E-state index >= 15 is 0 Å². The lowest BCUT2D eigenvalue weighted by Gasteiger charge is -2.30. The normalized spacial score (nSPS) is 13.4. The van der Waals surface area contributed by atoms with E-state index in [0.717, 1.165) is 29.0 Å². The van der Waals surface area contributed by atoms with E-state index in [1.54, 1.807) is 14.2 Å². The van der Waals surface area contributed by atoms with Gasteiger partial charge in [0.15, 0.2) is 0 Å². The Hall–Kier alpha value is -2.08. The molecule has 28 heavy (non-hydrogen) atoms. The zero-order valence-electron chi connectivity index (χ0n) is 17.4. The van der Waals surface area contributed by atoms with Crippen LogP contribution in [0.15, 0.2) is 48.5 Å². The van der Waals surface area contributed by atoms with Crippen molar-refractivity contribution in [3.8, 4) is 11.5 Å². The second-order valence-electron chi connectivity index (χ2n) is 7.06. The molecule has 0 aliphatic rings. The van der Waals surface area contributed by atoms with Crippen molar-refractivity contribution >= 4 is 0 Å². The summed E-state index contributed by atoms with van der Waals surface area (Å²) < 4.78 is 16.5. The number of benzene rings is 2. The first-order valence-corrected chi connectivity index (χ1v) is 9.81. The summed E-state index contributed by atoms with van der Waals surface area (Å²) in [7, 11) is 3.30. The Kier molecular flexibility index (Phi) is 9.28. The average Bonchev–Trinajstić information content (AvgIpc) is 2.73. The summed E-state index contributed by atoms with van der Waals surface area (Å²) in [5.74, 6) is 1.54. The first kappa shape index (κ1) is 22.2. The summed E-state index contributed by atoms with van der Waals surface area (Å²) in [6.07, 6.45) is 0.448. The van der Waals surface area contributed by atoms with Gasteiger partial charge in [-0.25, -0.2) is 0 Å². The number of methoxy groups -OCH3 is 2. The highest BCUT2D eigenvalue weighted by Crippen LogP contribution is 2.24. The monoisotopic (exact) mass is 387 g/mol. The third-order valence-electron chi connectivity index (χ3n) is 4.88. The molecule has 0 saturated carbocycles. The minimum Gasteiger partial charge on any atom is -0.497 e. The molecule has 5 heteroatoms. The van der Waals surface area contributed by atoms with Crippen LogP contribution in [-0.2, 0) is 17.9 Å². The number of hydrogen-bond acceptors (Lipinski definition) is 5. The maximum absolute atomic E-state index is 10.5. The second-order valence-corrected chi connectivity index (χ2v) is 7.06. The summed E-state index contributed by atoms with van der Waals surface area (Å²) in [5, 5.41) is 10.5. The standard InChI is InChI=1S/C23H33NO4/c1-5-18(2)24(14-20-11-22(26-3)13-23(12-20)27-4)15-21(25)17-28-16-19-9-7-6-8-10-19/h6-13,18,21,25H,5,14-17H2,1-4H3. The van der Waals surface area contributed by atoms with E-state index in [1.165, 1.54) is 0 Å². The van der Waals surface area contributed by atoms with Crippen LogP contribution in [0.25, 0.3) is 0 Å². The lowest BCUT2D eigenvalue weighted by molar-refractivity contribution is 0.00143. The Morgan fingerprint density at radius 1 is 0.964 bits per heavy atom. The minimum absolute atomic E-state index is 0.309. The lowest BCUT2D eigenvalue weighted by Crippen LogP contribution is -2.39. The fourth-order valence-corrected chi connectivity index (χ4v) is 3.06. The molecule has 0 aromatic heterocycles. The van der Waals surface area contributed by atoms with Gasteiger partial charge in [-0.1, -0.05) is 37.3 Å². The van der Waals surface area contributed by atoms with Crippen LogP contribution in [0.4, 0.5) is 0 Å². The Morgan fingerprint density at radius 2 is 1.61 bits per heavy atom. The highest BCUT2D eigenvalue weighted by atomic mass is 16.5. The molecule has 0 bridgehead atoms. The molecule has 154 valence electrons. The molecule has 0 aliphatic heterocycles. The van der Waals surface area contributed by atoms with Gasteiger partial charge in [0, 0.05) is 25.2 Å². The minimum atomic E-state index is -0.551. The summed E-state index contributed by atoms with van der Waals surface area (Å²) in [6, 6.07) is 16.2. The SMILES string of the molecule is CCC(C)N(Cc1cc(OC)cc(OC)c1)CC(O)COCc1ccccc1. The van der Waals surface area contributed by atoms with Crippen LogP contribution in [0.3, 0.4) is 0 Å². The van der Waals surface area contributed by atoms with E-state index in [1.807, 2.05) is 48.5 Å². The van der Waals surface area contributed by atoms with E-state index in [9.17, 15) is 5.11 Å². The number of rotatable bonds is 12. The molecule has 0 radical (unpaired) electrons. The van der Waals surface area contributed by atoms with Crippen molar-refractivity contribution in [3.05, 3.63) is 59.7 Å². The van der Waals surface area contributed by atoms with Crippen LogP contribution >= 0.6 is 0 Å². The highest BCUT2D eigenvalue weighted by Gasteiger charge is 2.18. The zero-order valence-corrected chi connectivity index (χ0v) is 17.4. The van der Waals surface area contributed by atoms with Crippen molar-refractivity contribution in [3.63, 3.8) is 0 Å². The molecule has 0 heterocycles. The molecular weight excluding hydrogens is 354 g/mol. The summed E-state index contributed by atoms with van der Waals surface area (Å²) in [4.78, 5) is 2.27. The largest absolute Gasteiger partial charge is 0.497 e. The van der Waals surface area contributed by atoms with Gasteiger partial charge in [0.25, 0.3) is 0 Å². The Balaban J connectivity index is 1.95. The Labute approximate surface area is 168 Å². The van der Waals surface area contributed by atoms with Crippen molar-refractivity contribution < 1.29 is 19.3 Å². The number of aliphatic hydroxyl groups excluding tert-OH is 1. The van der Waals surface area contributed by atoms with E-state index in [-0.39, 0.29) is 0 Å². The number of ether oxygens (including phenoxy) is 3. The second kappa shape index (κ2) is 11.7. The molecule has 2 aromatic carbocycles. The van der Waals surface area contributed by atoms with Crippen LogP contribution in [-0.4, -0.2) is 49.5 Å². The third kappa shape index (κ3) is 7.15. The van der Waals surface area contributed by atoms with Crippen LogP contribution < -0.4 is 9.47 Å². The molecule has 2 unspecified atom stereocenters. The van der Waals surface area contributed by atoms with E-state index < -0.39 is 6.10 Å². The number of aliphatic hydroxyl groups is 1. The van der Waals surface area contributed by atoms with Gasteiger partial charge in [0.2, 0.25) is 0 Å². The van der Waals surface area contributed by atoms with Gasteiger partial charge in [-0.3, -0.25) is 4.90 Å². The predicted molar refractivity (Wildman–Crippen MR) is 112 cm³/mol. The van der Waals surface area contributed by atoms with Gasteiger partial charge in [-0.15, -0.1) is 0 Å². The molecule has 1 N–H and O–H groups in total. The predicted octanol–water partition coefficient (Wildman–Crippen LogP) is 3.88. The van der Waals surface area contributed by atoms with Gasteiger partial charge < -0.3 is 19.3 Å². The smallest absolute Gasteiger partial charge is 0.122 e. The molecule has 0 aliphatic carbocycles. The topological polar surface area (TPSA) is 51.2 Å². The molecule has 0 saturated heterocycles. The zero-order chi connectivity index (χ0) is 20.4. The quantitative estimate of drug-likeness (QED) is 0.599. The van der Waals surface area contributed by atoms with Gasteiger partial charge in [0.1, 0.15) is 11.5 Å². The fourth-order valence-electron chi connectivity index (χ4n) is 3.06. The Bertz CT molecular complexity index is 670. The Morgan fingerprint density at radius 3 is 2.18 bits per heavy atom. The lowest BCUT2D eigenvalue weighted by atomic mass is 10.1. The first-order chi connectivity index (χ1) is 13.5. The summed E-state index contributed by atoms with van der Waals surface area (Å²) in [6.45, 7) is 6.40. The molecule has 2 rings (SSSR count). The maximum atomic E-state index is 10.5. The van der Waals surface area contributed by atoms with E-state index in [2.05, 4.69) is 18.7 Å². The maximum Gasteiger partial charge on any atom is 0.122 e. The van der Waals surface area contributed by atoms with Crippen molar-refractivity contribution in [2.45, 2.75) is 45.6 Å². The molecular formula is C23H33NO4. The van der Waals surface area contributed by atoms with Gasteiger partial charge >= 0.3 is 0 Å². The molecule has 0 spiro atoms. The molecule has 0 amide bonds.